The molecule has 0 saturated carbocycles. The lowest BCUT2D eigenvalue weighted by Gasteiger charge is -2.13. The second kappa shape index (κ2) is 9.99. The van der Waals surface area contributed by atoms with Crippen LogP contribution in [0.4, 0.5) is 0 Å². The predicted octanol–water partition coefficient (Wildman–Crippen LogP) is 5.92. The standard InChI is InChI=1S/C26H22INO4/c1-3-30-24-15-18(9-12-23(24)31-16-19-5-4-6-21(27)13-19)14-22-26(29)32-25(28-22)20-10-7-17(2)8-11-20/h4-15H,3,16H2,1-2H3/b22-14-. The highest BCUT2D eigenvalue weighted by atomic mass is 127. The van der Waals surface area contributed by atoms with Gasteiger partial charge in [0.05, 0.1) is 6.61 Å². The molecule has 0 atom stereocenters. The van der Waals surface area contributed by atoms with E-state index in [1.54, 1.807) is 6.08 Å². The van der Waals surface area contributed by atoms with Crippen LogP contribution in [0.3, 0.4) is 0 Å². The maximum atomic E-state index is 12.3. The minimum Gasteiger partial charge on any atom is -0.490 e. The lowest BCUT2D eigenvalue weighted by Crippen LogP contribution is -2.05. The normalized spacial score (nSPS) is 14.3. The third-order valence-corrected chi connectivity index (χ3v) is 5.44. The number of benzene rings is 3. The highest BCUT2D eigenvalue weighted by molar-refractivity contribution is 14.1. The van der Waals surface area contributed by atoms with Crippen LogP contribution in [-0.2, 0) is 16.1 Å². The number of esters is 1. The molecule has 0 bridgehead atoms. The van der Waals surface area contributed by atoms with Crippen molar-refractivity contribution >= 4 is 40.5 Å². The summed E-state index contributed by atoms with van der Waals surface area (Å²) in [4.78, 5) is 16.7. The van der Waals surface area contributed by atoms with Crippen molar-refractivity contribution in [3.63, 3.8) is 0 Å². The van der Waals surface area contributed by atoms with Crippen molar-refractivity contribution in [2.45, 2.75) is 20.5 Å². The number of carbonyl (C=O) groups excluding carboxylic acids is 1. The molecule has 162 valence electrons. The van der Waals surface area contributed by atoms with Gasteiger partial charge in [-0.1, -0.05) is 35.9 Å². The van der Waals surface area contributed by atoms with Gasteiger partial charge in [0.1, 0.15) is 6.61 Å². The molecule has 4 rings (SSSR count). The molecular formula is C26H22INO4. The zero-order chi connectivity index (χ0) is 22.5. The number of rotatable bonds is 7. The van der Waals surface area contributed by atoms with E-state index in [1.165, 1.54) is 0 Å². The van der Waals surface area contributed by atoms with Crippen molar-refractivity contribution in [2.24, 2.45) is 4.99 Å². The number of carbonyl (C=O) groups is 1. The van der Waals surface area contributed by atoms with Crippen molar-refractivity contribution in [1.82, 2.24) is 0 Å². The third-order valence-electron chi connectivity index (χ3n) is 4.77. The van der Waals surface area contributed by atoms with Gasteiger partial charge in [-0.2, -0.15) is 0 Å². The van der Waals surface area contributed by atoms with E-state index in [2.05, 4.69) is 33.6 Å². The van der Waals surface area contributed by atoms with Crippen molar-refractivity contribution in [1.29, 1.82) is 0 Å². The lowest BCUT2D eigenvalue weighted by atomic mass is 10.1. The Labute approximate surface area is 200 Å². The molecular weight excluding hydrogens is 517 g/mol. The van der Waals surface area contributed by atoms with Crippen LogP contribution in [0.15, 0.2) is 77.4 Å². The molecule has 0 aromatic heterocycles. The van der Waals surface area contributed by atoms with Crippen LogP contribution >= 0.6 is 22.6 Å². The molecule has 3 aromatic carbocycles. The summed E-state index contributed by atoms with van der Waals surface area (Å²) in [6.45, 7) is 4.85. The van der Waals surface area contributed by atoms with E-state index in [4.69, 9.17) is 14.2 Å². The number of cyclic esters (lactones) is 1. The predicted molar refractivity (Wildman–Crippen MR) is 133 cm³/mol. The van der Waals surface area contributed by atoms with E-state index in [9.17, 15) is 4.79 Å². The Kier molecular flexibility index (Phi) is 6.90. The molecule has 6 heteroatoms. The molecule has 0 aliphatic carbocycles. The van der Waals surface area contributed by atoms with Crippen LogP contribution in [0.5, 0.6) is 11.5 Å². The molecule has 0 saturated heterocycles. The van der Waals surface area contributed by atoms with Gasteiger partial charge in [0, 0.05) is 9.13 Å². The van der Waals surface area contributed by atoms with Crippen LogP contribution in [0.25, 0.3) is 6.08 Å². The fourth-order valence-electron chi connectivity index (χ4n) is 3.18. The van der Waals surface area contributed by atoms with Gasteiger partial charge in [-0.3, -0.25) is 0 Å². The Bertz CT molecular complexity index is 1200. The van der Waals surface area contributed by atoms with Gasteiger partial charge >= 0.3 is 5.97 Å². The summed E-state index contributed by atoms with van der Waals surface area (Å²) in [5.41, 5.74) is 3.99. The largest absolute Gasteiger partial charge is 0.490 e. The number of hydrogen-bond donors (Lipinski definition) is 0. The summed E-state index contributed by atoms with van der Waals surface area (Å²) in [6, 6.07) is 21.4. The first-order chi connectivity index (χ1) is 15.5. The zero-order valence-corrected chi connectivity index (χ0v) is 20.0. The monoisotopic (exact) mass is 539 g/mol. The van der Waals surface area contributed by atoms with Gasteiger partial charge in [0.25, 0.3) is 0 Å². The Morgan fingerprint density at radius 1 is 1.00 bits per heavy atom. The fraction of sp³-hybridized carbons (Fsp3) is 0.154. The number of aliphatic imine (C=N–C) groups is 1. The number of aryl methyl sites for hydroxylation is 1. The van der Waals surface area contributed by atoms with Crippen molar-refractivity contribution in [3.8, 4) is 11.5 Å². The molecule has 1 aliphatic heterocycles. The smallest absolute Gasteiger partial charge is 0.363 e. The van der Waals surface area contributed by atoms with E-state index >= 15 is 0 Å². The maximum absolute atomic E-state index is 12.3. The highest BCUT2D eigenvalue weighted by Gasteiger charge is 2.24. The zero-order valence-electron chi connectivity index (χ0n) is 17.8. The number of ether oxygens (including phenoxy) is 3. The highest BCUT2D eigenvalue weighted by Crippen LogP contribution is 2.31. The molecule has 0 radical (unpaired) electrons. The molecule has 5 nitrogen and oxygen atoms in total. The van der Waals surface area contributed by atoms with E-state index < -0.39 is 5.97 Å². The van der Waals surface area contributed by atoms with Crippen LogP contribution in [0.1, 0.15) is 29.2 Å². The van der Waals surface area contributed by atoms with Gasteiger partial charge in [-0.15, -0.1) is 0 Å². The van der Waals surface area contributed by atoms with E-state index in [0.717, 1.165) is 25.8 Å². The summed E-state index contributed by atoms with van der Waals surface area (Å²) < 4.78 is 18.3. The Hall–Kier alpha value is -3.13. The first-order valence-corrected chi connectivity index (χ1v) is 11.3. The van der Waals surface area contributed by atoms with Crippen molar-refractivity contribution in [2.75, 3.05) is 6.61 Å². The quantitative estimate of drug-likeness (QED) is 0.213. The maximum Gasteiger partial charge on any atom is 0.363 e. The molecule has 0 unspecified atom stereocenters. The Morgan fingerprint density at radius 3 is 2.56 bits per heavy atom. The van der Waals surface area contributed by atoms with Crippen molar-refractivity contribution in [3.05, 3.63) is 98.3 Å². The molecule has 1 heterocycles. The lowest BCUT2D eigenvalue weighted by molar-refractivity contribution is -0.129. The fourth-order valence-corrected chi connectivity index (χ4v) is 3.78. The molecule has 0 N–H and O–H groups in total. The van der Waals surface area contributed by atoms with E-state index in [0.29, 0.717) is 30.6 Å². The second-order valence-corrected chi connectivity index (χ2v) is 8.51. The first kappa shape index (κ1) is 22.1. The van der Waals surface area contributed by atoms with Gasteiger partial charge in [0.15, 0.2) is 17.2 Å². The Morgan fingerprint density at radius 2 is 1.81 bits per heavy atom. The molecule has 0 amide bonds. The van der Waals surface area contributed by atoms with E-state index in [1.807, 2.05) is 74.5 Å². The molecule has 0 fully saturated rings. The van der Waals surface area contributed by atoms with Gasteiger partial charge in [0.2, 0.25) is 5.90 Å². The van der Waals surface area contributed by atoms with Crippen LogP contribution < -0.4 is 9.47 Å². The Balaban J connectivity index is 1.55. The van der Waals surface area contributed by atoms with Crippen molar-refractivity contribution < 1.29 is 19.0 Å². The summed E-state index contributed by atoms with van der Waals surface area (Å²) in [6.07, 6.45) is 1.69. The SMILES string of the molecule is CCOc1cc(/C=C2\N=C(c3ccc(C)cc3)OC2=O)ccc1OCc1cccc(I)c1. The van der Waals surface area contributed by atoms with Gasteiger partial charge in [-0.05, 0) is 90.0 Å². The average Bonchev–Trinajstić information content (AvgIpc) is 3.14. The average molecular weight is 539 g/mol. The number of halogens is 1. The molecule has 32 heavy (non-hydrogen) atoms. The molecule has 3 aromatic rings. The van der Waals surface area contributed by atoms with Crippen LogP contribution in [-0.4, -0.2) is 18.5 Å². The second-order valence-electron chi connectivity index (χ2n) is 7.26. The summed E-state index contributed by atoms with van der Waals surface area (Å²) in [7, 11) is 0. The molecule has 0 spiro atoms. The van der Waals surface area contributed by atoms with Crippen LogP contribution in [0.2, 0.25) is 0 Å². The third kappa shape index (κ3) is 5.37. The minimum atomic E-state index is -0.474. The summed E-state index contributed by atoms with van der Waals surface area (Å²) in [5.74, 6) is 1.09. The van der Waals surface area contributed by atoms with Gasteiger partial charge < -0.3 is 14.2 Å². The summed E-state index contributed by atoms with van der Waals surface area (Å²) in [5, 5.41) is 0. The summed E-state index contributed by atoms with van der Waals surface area (Å²) >= 11 is 2.28. The topological polar surface area (TPSA) is 57.1 Å². The first-order valence-electron chi connectivity index (χ1n) is 10.3. The van der Waals surface area contributed by atoms with Crippen LogP contribution in [0, 0.1) is 10.5 Å². The number of nitrogens with zero attached hydrogens (tertiary/aromatic N) is 1. The number of hydrogen-bond acceptors (Lipinski definition) is 5. The van der Waals surface area contributed by atoms with E-state index in [-0.39, 0.29) is 5.70 Å². The van der Waals surface area contributed by atoms with Gasteiger partial charge in [-0.25, -0.2) is 9.79 Å². The minimum absolute atomic E-state index is 0.246. The molecule has 1 aliphatic rings.